The molecule has 4 heteroatoms. The molecule has 1 amide bonds. The average Bonchev–Trinajstić information content (AvgIpc) is 2.40. The monoisotopic (exact) mass is 248 g/mol. The lowest BCUT2D eigenvalue weighted by atomic mass is 9.98. The van der Waals surface area contributed by atoms with Gasteiger partial charge in [-0.1, -0.05) is 12.1 Å². The molecular weight excluding hydrogens is 228 g/mol. The van der Waals surface area contributed by atoms with Crippen molar-refractivity contribution in [1.29, 1.82) is 0 Å². The van der Waals surface area contributed by atoms with Gasteiger partial charge in [-0.15, -0.1) is 0 Å². The maximum Gasteiger partial charge on any atom is 0.250 e. The molecule has 0 radical (unpaired) electrons. The first-order chi connectivity index (χ1) is 8.77. The molecule has 1 unspecified atom stereocenters. The van der Waals surface area contributed by atoms with E-state index in [1.54, 1.807) is 6.07 Å². The molecule has 3 N–H and O–H groups in total. The number of carbonyl (C=O) groups excluding carboxylic acids is 1. The van der Waals surface area contributed by atoms with Crippen molar-refractivity contribution in [3.63, 3.8) is 0 Å². The van der Waals surface area contributed by atoms with Gasteiger partial charge in [0.05, 0.1) is 5.56 Å². The Kier molecular flexibility index (Phi) is 4.59. The van der Waals surface area contributed by atoms with Crippen LogP contribution < -0.4 is 11.1 Å². The summed E-state index contributed by atoms with van der Waals surface area (Å²) in [5.41, 5.74) is 6.70. The smallest absolute Gasteiger partial charge is 0.250 e. The molecule has 1 saturated heterocycles. The summed E-state index contributed by atoms with van der Waals surface area (Å²) in [6, 6.07) is 7.35. The summed E-state index contributed by atoms with van der Waals surface area (Å²) in [5, 5.41) is 3.29. The number of benzene rings is 1. The van der Waals surface area contributed by atoms with Gasteiger partial charge in [-0.25, -0.2) is 0 Å². The molecule has 1 atom stereocenters. The highest BCUT2D eigenvalue weighted by molar-refractivity contribution is 5.98. The summed E-state index contributed by atoms with van der Waals surface area (Å²) in [7, 11) is 0. The van der Waals surface area contributed by atoms with Gasteiger partial charge in [-0.05, 0) is 37.3 Å². The second-order valence-electron chi connectivity index (χ2n) is 4.71. The fourth-order valence-electron chi connectivity index (χ4n) is 2.30. The molecule has 0 bridgehead atoms. The van der Waals surface area contributed by atoms with Crippen LogP contribution in [-0.4, -0.2) is 25.7 Å². The SMILES string of the molecule is NC(=O)c1ccccc1NCCC1CCCOC1. The van der Waals surface area contributed by atoms with Crippen molar-refractivity contribution in [2.24, 2.45) is 11.7 Å². The van der Waals surface area contributed by atoms with E-state index in [0.717, 1.165) is 38.3 Å². The first-order valence-corrected chi connectivity index (χ1v) is 6.48. The number of nitrogens with one attached hydrogen (secondary N) is 1. The molecule has 0 spiro atoms. The number of primary amides is 1. The Hall–Kier alpha value is -1.55. The highest BCUT2D eigenvalue weighted by Crippen LogP contribution is 2.18. The topological polar surface area (TPSA) is 64.4 Å². The predicted octanol–water partition coefficient (Wildman–Crippen LogP) is 2.01. The molecule has 1 fully saturated rings. The lowest BCUT2D eigenvalue weighted by Crippen LogP contribution is -2.21. The number of para-hydroxylation sites is 1. The summed E-state index contributed by atoms with van der Waals surface area (Å²) in [4.78, 5) is 11.2. The van der Waals surface area contributed by atoms with Gasteiger partial charge >= 0.3 is 0 Å². The number of hydrogen-bond donors (Lipinski definition) is 2. The van der Waals surface area contributed by atoms with Crippen molar-refractivity contribution in [2.45, 2.75) is 19.3 Å². The van der Waals surface area contributed by atoms with Crippen LogP contribution in [0.5, 0.6) is 0 Å². The van der Waals surface area contributed by atoms with Gasteiger partial charge in [0.2, 0.25) is 0 Å². The van der Waals surface area contributed by atoms with Crippen LogP contribution >= 0.6 is 0 Å². The van der Waals surface area contributed by atoms with Gasteiger partial charge in [-0.2, -0.15) is 0 Å². The molecule has 18 heavy (non-hydrogen) atoms. The number of ether oxygens (including phenoxy) is 1. The van der Waals surface area contributed by atoms with E-state index >= 15 is 0 Å². The van der Waals surface area contributed by atoms with E-state index in [1.165, 1.54) is 6.42 Å². The minimum absolute atomic E-state index is 0.390. The van der Waals surface area contributed by atoms with E-state index in [2.05, 4.69) is 5.32 Å². The second kappa shape index (κ2) is 6.40. The Bertz CT molecular complexity index is 401. The summed E-state index contributed by atoms with van der Waals surface area (Å²) < 4.78 is 5.44. The van der Waals surface area contributed by atoms with E-state index in [9.17, 15) is 4.79 Å². The zero-order chi connectivity index (χ0) is 12.8. The van der Waals surface area contributed by atoms with Crippen LogP contribution in [0.15, 0.2) is 24.3 Å². The summed E-state index contributed by atoms with van der Waals surface area (Å²) in [6.45, 7) is 2.60. The molecule has 1 aliphatic heterocycles. The number of hydrogen-bond acceptors (Lipinski definition) is 3. The summed E-state index contributed by atoms with van der Waals surface area (Å²) >= 11 is 0. The Morgan fingerprint density at radius 1 is 1.44 bits per heavy atom. The van der Waals surface area contributed by atoms with Gasteiger partial charge in [0.15, 0.2) is 0 Å². The standard InChI is InChI=1S/C14H20N2O2/c15-14(17)12-5-1-2-6-13(12)16-8-7-11-4-3-9-18-10-11/h1-2,5-6,11,16H,3-4,7-10H2,(H2,15,17). The van der Waals surface area contributed by atoms with Gasteiger partial charge in [0, 0.05) is 25.4 Å². The minimum atomic E-state index is -0.390. The number of nitrogens with two attached hydrogens (primary N) is 1. The zero-order valence-corrected chi connectivity index (χ0v) is 10.5. The molecule has 0 aliphatic carbocycles. The Balaban J connectivity index is 1.84. The number of amides is 1. The fourth-order valence-corrected chi connectivity index (χ4v) is 2.30. The van der Waals surface area contributed by atoms with Gasteiger partial charge in [0.25, 0.3) is 5.91 Å². The normalized spacial score (nSPS) is 19.4. The van der Waals surface area contributed by atoms with Crippen molar-refractivity contribution in [3.05, 3.63) is 29.8 Å². The van der Waals surface area contributed by atoms with Crippen molar-refractivity contribution >= 4 is 11.6 Å². The number of rotatable bonds is 5. The molecule has 1 heterocycles. The molecule has 1 aromatic carbocycles. The van der Waals surface area contributed by atoms with Crippen LogP contribution in [0.4, 0.5) is 5.69 Å². The molecule has 1 aliphatic rings. The van der Waals surface area contributed by atoms with Crippen molar-refractivity contribution in [3.8, 4) is 0 Å². The minimum Gasteiger partial charge on any atom is -0.384 e. The lowest BCUT2D eigenvalue weighted by Gasteiger charge is -2.22. The third-order valence-electron chi connectivity index (χ3n) is 3.32. The van der Waals surface area contributed by atoms with Gasteiger partial charge in [-0.3, -0.25) is 4.79 Å². The second-order valence-corrected chi connectivity index (χ2v) is 4.71. The molecule has 0 saturated carbocycles. The third-order valence-corrected chi connectivity index (χ3v) is 3.32. The maximum absolute atomic E-state index is 11.2. The Morgan fingerprint density at radius 2 is 2.28 bits per heavy atom. The van der Waals surface area contributed by atoms with Crippen LogP contribution in [0.1, 0.15) is 29.6 Å². The first-order valence-electron chi connectivity index (χ1n) is 6.48. The average molecular weight is 248 g/mol. The van der Waals surface area contributed by atoms with Crippen LogP contribution in [-0.2, 0) is 4.74 Å². The van der Waals surface area contributed by atoms with E-state index in [1.807, 2.05) is 18.2 Å². The maximum atomic E-state index is 11.2. The Morgan fingerprint density at radius 3 is 3.00 bits per heavy atom. The highest BCUT2D eigenvalue weighted by Gasteiger charge is 2.13. The van der Waals surface area contributed by atoms with Crippen molar-refractivity contribution in [1.82, 2.24) is 0 Å². The van der Waals surface area contributed by atoms with Gasteiger partial charge in [0.1, 0.15) is 0 Å². The van der Waals surface area contributed by atoms with E-state index < -0.39 is 0 Å². The summed E-state index contributed by atoms with van der Waals surface area (Å²) in [6.07, 6.45) is 3.45. The first kappa shape index (κ1) is 12.9. The largest absolute Gasteiger partial charge is 0.384 e. The van der Waals surface area contributed by atoms with Crippen molar-refractivity contribution in [2.75, 3.05) is 25.1 Å². The molecule has 4 nitrogen and oxygen atoms in total. The van der Waals surface area contributed by atoms with Crippen LogP contribution in [0.2, 0.25) is 0 Å². The quantitative estimate of drug-likeness (QED) is 0.837. The predicted molar refractivity (Wildman–Crippen MR) is 71.6 cm³/mol. The fraction of sp³-hybridized carbons (Fsp3) is 0.500. The van der Waals surface area contributed by atoms with Crippen molar-refractivity contribution < 1.29 is 9.53 Å². The summed E-state index contributed by atoms with van der Waals surface area (Å²) in [5.74, 6) is 0.242. The lowest BCUT2D eigenvalue weighted by molar-refractivity contribution is 0.0530. The van der Waals surface area contributed by atoms with E-state index in [4.69, 9.17) is 10.5 Å². The molecule has 98 valence electrons. The molecule has 2 rings (SSSR count). The Labute approximate surface area is 108 Å². The van der Waals surface area contributed by atoms with Crippen LogP contribution in [0.3, 0.4) is 0 Å². The van der Waals surface area contributed by atoms with Crippen LogP contribution in [0, 0.1) is 5.92 Å². The van der Waals surface area contributed by atoms with E-state index in [0.29, 0.717) is 11.5 Å². The highest BCUT2D eigenvalue weighted by atomic mass is 16.5. The molecule has 1 aromatic rings. The van der Waals surface area contributed by atoms with E-state index in [-0.39, 0.29) is 5.91 Å². The molecular formula is C14H20N2O2. The number of carbonyl (C=O) groups is 1. The van der Waals surface area contributed by atoms with Gasteiger partial charge < -0.3 is 15.8 Å². The third kappa shape index (κ3) is 3.47. The number of anilines is 1. The zero-order valence-electron chi connectivity index (χ0n) is 10.5. The van der Waals surface area contributed by atoms with Crippen LogP contribution in [0.25, 0.3) is 0 Å². The molecule has 0 aromatic heterocycles.